The van der Waals surface area contributed by atoms with Crippen LogP contribution in [0.4, 0.5) is 0 Å². The first-order valence-electron chi connectivity index (χ1n) is 14.5. The van der Waals surface area contributed by atoms with Crippen LogP contribution in [-0.2, 0) is 6.61 Å². The second-order valence-corrected chi connectivity index (χ2v) is 11.3. The average molecular weight is 559 g/mol. The molecule has 8 nitrogen and oxygen atoms in total. The van der Waals surface area contributed by atoms with Crippen LogP contribution in [0.15, 0.2) is 113 Å². The number of carbonyl (C=O) groups excluding carboxylic acids is 2. The lowest BCUT2D eigenvalue weighted by molar-refractivity contribution is -0.750. The summed E-state index contributed by atoms with van der Waals surface area (Å²) in [6.07, 6.45) is 9.03. The lowest BCUT2D eigenvalue weighted by Crippen LogP contribution is -2.53. The zero-order chi connectivity index (χ0) is 28.7. The zero-order valence-electron chi connectivity index (χ0n) is 23.2. The summed E-state index contributed by atoms with van der Waals surface area (Å²) in [5.41, 5.74) is 4.86. The maximum absolute atomic E-state index is 12.9. The van der Waals surface area contributed by atoms with Crippen molar-refractivity contribution in [1.82, 2.24) is 4.90 Å². The summed E-state index contributed by atoms with van der Waals surface area (Å²) in [5.74, 6) is 8.61. The fourth-order valence-corrected chi connectivity index (χ4v) is 6.45. The highest BCUT2D eigenvalue weighted by molar-refractivity contribution is 6.21. The summed E-state index contributed by atoms with van der Waals surface area (Å²) < 4.78 is 6.06. The van der Waals surface area contributed by atoms with Gasteiger partial charge in [0.1, 0.15) is 24.3 Å². The average Bonchev–Trinajstić information content (AvgIpc) is 3.47. The van der Waals surface area contributed by atoms with Crippen LogP contribution in [0, 0.1) is 11.8 Å². The van der Waals surface area contributed by atoms with E-state index in [-0.39, 0.29) is 28.2 Å². The second-order valence-electron chi connectivity index (χ2n) is 11.3. The molecule has 3 aromatic rings. The molecular weight excluding hydrogens is 526 g/mol. The van der Waals surface area contributed by atoms with Crippen molar-refractivity contribution in [1.29, 1.82) is 0 Å². The number of rotatable bonds is 7. The number of hydrogen-bond acceptors (Lipinski definition) is 6. The predicted octanol–water partition coefficient (Wildman–Crippen LogP) is 5.59. The quantitative estimate of drug-likeness (QED) is 0.232. The van der Waals surface area contributed by atoms with E-state index in [1.54, 1.807) is 30.5 Å². The fourth-order valence-electron chi connectivity index (χ4n) is 6.45. The Morgan fingerprint density at radius 1 is 0.881 bits per heavy atom. The minimum atomic E-state index is -0.182. The van der Waals surface area contributed by atoms with Crippen LogP contribution in [0.1, 0.15) is 57.5 Å². The largest absolute Gasteiger partial charge is 0.489 e. The summed E-state index contributed by atoms with van der Waals surface area (Å²) in [6.45, 7) is 0.932. The Hall–Kier alpha value is -4.66. The van der Waals surface area contributed by atoms with Crippen LogP contribution in [0.5, 0.6) is 5.75 Å². The van der Waals surface area contributed by atoms with E-state index in [1.807, 2.05) is 67.0 Å². The highest BCUT2D eigenvalue weighted by atomic mass is 16.5. The van der Waals surface area contributed by atoms with Gasteiger partial charge in [-0.2, -0.15) is 10.8 Å². The smallest absolute Gasteiger partial charge is 0.265 e. The first-order valence-corrected chi connectivity index (χ1v) is 14.5. The number of fused-ring (bicyclic) bond motifs is 2. The number of quaternary nitrogens is 1. The Balaban J connectivity index is 1.07. The Labute approximate surface area is 244 Å². The molecule has 1 unspecified atom stereocenters. The highest BCUT2D eigenvalue weighted by Crippen LogP contribution is 2.42. The monoisotopic (exact) mass is 558 g/mol. The van der Waals surface area contributed by atoms with Gasteiger partial charge in [0.25, 0.3) is 17.6 Å². The van der Waals surface area contributed by atoms with E-state index >= 15 is 0 Å². The Kier molecular flexibility index (Phi) is 6.64. The minimum absolute atomic E-state index is 0.0318. The first kappa shape index (κ1) is 26.3. The van der Waals surface area contributed by atoms with Crippen molar-refractivity contribution in [2.24, 2.45) is 27.7 Å². The van der Waals surface area contributed by atoms with E-state index in [0.29, 0.717) is 24.3 Å². The molecule has 1 fully saturated rings. The number of imide groups is 1. The molecule has 1 aliphatic carbocycles. The van der Waals surface area contributed by atoms with Gasteiger partial charge in [-0.15, -0.1) is 4.59 Å². The highest BCUT2D eigenvalue weighted by Gasteiger charge is 2.46. The predicted molar refractivity (Wildman–Crippen MR) is 160 cm³/mol. The van der Waals surface area contributed by atoms with Gasteiger partial charge in [0, 0.05) is 12.5 Å². The molecule has 8 heteroatoms. The maximum atomic E-state index is 12.9. The van der Waals surface area contributed by atoms with Crippen LogP contribution in [0.25, 0.3) is 0 Å². The fraction of sp³-hybridized carbons (Fsp3) is 0.235. The third-order valence-corrected chi connectivity index (χ3v) is 8.72. The van der Waals surface area contributed by atoms with Crippen molar-refractivity contribution in [3.05, 3.63) is 125 Å². The van der Waals surface area contributed by atoms with E-state index in [0.717, 1.165) is 59.8 Å². The molecule has 3 aromatic carbocycles. The normalized spacial score (nSPS) is 24.6. The molecule has 0 spiro atoms. The Morgan fingerprint density at radius 3 is 2.33 bits per heavy atom. The molecule has 1 atom stereocenters. The van der Waals surface area contributed by atoms with Crippen molar-refractivity contribution in [2.45, 2.75) is 32.3 Å². The van der Waals surface area contributed by atoms with Crippen molar-refractivity contribution >= 4 is 23.9 Å². The van der Waals surface area contributed by atoms with Crippen LogP contribution in [-0.4, -0.2) is 39.9 Å². The maximum Gasteiger partial charge on any atom is 0.265 e. The van der Waals surface area contributed by atoms with Gasteiger partial charge in [-0.1, -0.05) is 48.5 Å². The van der Waals surface area contributed by atoms with E-state index < -0.39 is 0 Å². The number of ether oxygens (including phenoxy) is 1. The summed E-state index contributed by atoms with van der Waals surface area (Å²) in [4.78, 5) is 36.8. The van der Waals surface area contributed by atoms with Crippen LogP contribution < -0.4 is 10.6 Å². The van der Waals surface area contributed by atoms with Gasteiger partial charge in [0.05, 0.1) is 29.1 Å². The lowest BCUT2D eigenvalue weighted by atomic mass is 9.80. The molecule has 0 radical (unpaired) electrons. The number of allylic oxidation sites excluding steroid dienone is 2. The van der Waals surface area contributed by atoms with Gasteiger partial charge in [-0.05, 0) is 67.5 Å². The Bertz CT molecular complexity index is 1650. The molecule has 0 bridgehead atoms. The number of nitrogens with zero attached hydrogens (tertiary/aromatic N) is 4. The number of nitrogens with two attached hydrogens (primary N) is 1. The van der Waals surface area contributed by atoms with Crippen LogP contribution >= 0.6 is 0 Å². The van der Waals surface area contributed by atoms with Gasteiger partial charge in [0.2, 0.25) is 5.70 Å². The molecule has 3 heterocycles. The third-order valence-electron chi connectivity index (χ3n) is 8.72. The SMILES string of the molecule is N[N+]12C=CN=CC1=C(C1CCC(CN3C(=O)c4ccccc4C3=O)CC1)N=C2c1cccc(OCc2ccccc2)c1. The molecule has 0 aromatic heterocycles. The second kappa shape index (κ2) is 10.6. The van der Waals surface area contributed by atoms with Crippen molar-refractivity contribution in [3.8, 4) is 5.75 Å². The molecule has 210 valence electrons. The molecule has 2 amide bonds. The zero-order valence-corrected chi connectivity index (χ0v) is 23.2. The van der Waals surface area contributed by atoms with Gasteiger partial charge in [0.15, 0.2) is 0 Å². The van der Waals surface area contributed by atoms with E-state index in [9.17, 15) is 9.59 Å². The third kappa shape index (κ3) is 4.58. The van der Waals surface area contributed by atoms with E-state index in [4.69, 9.17) is 15.6 Å². The van der Waals surface area contributed by atoms with E-state index in [1.165, 1.54) is 4.90 Å². The minimum Gasteiger partial charge on any atom is -0.489 e. The molecule has 2 N–H and O–H groups in total. The van der Waals surface area contributed by atoms with Gasteiger partial charge >= 0.3 is 0 Å². The molecule has 0 saturated heterocycles. The van der Waals surface area contributed by atoms with Crippen molar-refractivity contribution < 1.29 is 18.9 Å². The van der Waals surface area contributed by atoms with Crippen LogP contribution in [0.3, 0.4) is 0 Å². The van der Waals surface area contributed by atoms with Gasteiger partial charge in [-0.25, -0.2) is 0 Å². The molecule has 4 aliphatic rings. The molecular formula is C34H32N5O3+. The number of amides is 2. The van der Waals surface area contributed by atoms with Crippen molar-refractivity contribution in [2.75, 3.05) is 6.54 Å². The number of aliphatic imine (C=N–C) groups is 2. The first-order chi connectivity index (χ1) is 20.5. The van der Waals surface area contributed by atoms with E-state index in [2.05, 4.69) is 4.99 Å². The standard InChI is InChI=1S/C34H32N5O3/c35-39-18-17-36-20-30(39)31(37-32(39)26-9-6-10-27(19-26)42-22-24-7-2-1-3-8-24)25-15-13-23(14-16-25)21-38-33(40)28-11-4-5-12-29(28)34(38)41/h1-12,17-20,23,25H,13-16,21-22,35H2/q+1. The van der Waals surface area contributed by atoms with Crippen LogP contribution in [0.2, 0.25) is 0 Å². The van der Waals surface area contributed by atoms with Crippen molar-refractivity contribution in [3.63, 3.8) is 0 Å². The van der Waals surface area contributed by atoms with Gasteiger partial charge < -0.3 is 4.74 Å². The molecule has 3 aliphatic heterocycles. The number of amidine groups is 1. The molecule has 1 saturated carbocycles. The number of carbonyl (C=O) groups is 2. The number of benzene rings is 3. The molecule has 7 rings (SSSR count). The summed E-state index contributed by atoms with van der Waals surface area (Å²) in [5, 5.41) is 0. The summed E-state index contributed by atoms with van der Waals surface area (Å²) >= 11 is 0. The Morgan fingerprint density at radius 2 is 1.60 bits per heavy atom. The summed E-state index contributed by atoms with van der Waals surface area (Å²) in [7, 11) is 0. The van der Waals surface area contributed by atoms with Gasteiger partial charge in [-0.3, -0.25) is 19.5 Å². The lowest BCUT2D eigenvalue weighted by Gasteiger charge is -2.31. The number of hydrogen-bond donors (Lipinski definition) is 1. The molecule has 42 heavy (non-hydrogen) atoms. The summed E-state index contributed by atoms with van der Waals surface area (Å²) in [6, 6.07) is 25.1. The topological polar surface area (TPSA) is 97.3 Å².